The summed E-state index contributed by atoms with van der Waals surface area (Å²) in [6.07, 6.45) is 20.2. The number of nitrogens with zero attached hydrogens (tertiary/aromatic N) is 1. The van der Waals surface area contributed by atoms with Gasteiger partial charge in [-0.2, -0.15) is 0 Å². The summed E-state index contributed by atoms with van der Waals surface area (Å²) >= 11 is 1.74. The molecule has 0 radical (unpaired) electrons. The van der Waals surface area contributed by atoms with Crippen molar-refractivity contribution in [2.45, 2.75) is 187 Å². The molecule has 0 aromatic carbocycles. The summed E-state index contributed by atoms with van der Waals surface area (Å²) in [6, 6.07) is 0. The molecule has 0 saturated heterocycles. The minimum absolute atomic E-state index is 0.00796. The first-order valence-corrected chi connectivity index (χ1v) is 27.0. The predicted molar refractivity (Wildman–Crippen MR) is 224 cm³/mol. The molecule has 0 unspecified atom stereocenters. The molecule has 4 aliphatic carbocycles. The Labute approximate surface area is 319 Å². The number of thiazole rings is 1. The maximum Gasteiger partial charge on any atom is 0.192 e. The topological polar surface area (TPSA) is 51.6 Å². The highest BCUT2D eigenvalue weighted by molar-refractivity contribution is 7.09. The largest absolute Gasteiger partial charge is 0.413 e. The molecular weight excluding hydrogens is 679 g/mol. The monoisotopic (exact) mass is 751 g/mol. The molecule has 4 aliphatic rings. The number of aryl methyl sites for hydroxylation is 1. The van der Waals surface area contributed by atoms with Gasteiger partial charge in [0.1, 0.15) is 5.01 Å². The zero-order chi connectivity index (χ0) is 37.8. The van der Waals surface area contributed by atoms with Gasteiger partial charge in [-0.05, 0) is 128 Å². The molecule has 0 aliphatic heterocycles. The molecule has 4 saturated carbocycles. The van der Waals surface area contributed by atoms with Gasteiger partial charge in [0.2, 0.25) is 0 Å². The van der Waals surface area contributed by atoms with Crippen LogP contribution in [0.15, 0.2) is 53.0 Å². The minimum Gasteiger partial charge on any atom is -0.413 e. The number of aromatic nitrogens is 1. The summed E-state index contributed by atoms with van der Waals surface area (Å²) < 4.78 is 14.2. The Kier molecular flexibility index (Phi) is 12.0. The molecular formula is C44H73NO3SSi2. The summed E-state index contributed by atoms with van der Waals surface area (Å²) in [5.41, 5.74) is 5.41. The highest BCUT2D eigenvalue weighted by atomic mass is 32.1. The molecule has 286 valence electrons. The SMILES string of the molecule is C=C1C(=CC=C2CCC[C@]3(C)[C@@H]([C@H](C)C=C[C@H](O)C4(c5nc(CC)cs5)CC4)CC[C@@H]23)C[C@@H](O[Si](C)(C)C(C)(C)C)C[C@@H]1O[Si](C)(C)C(C)(C)C. The van der Waals surface area contributed by atoms with Gasteiger partial charge in [-0.25, -0.2) is 4.98 Å². The molecule has 1 aromatic rings. The van der Waals surface area contributed by atoms with Crippen molar-refractivity contribution in [2.24, 2.45) is 23.2 Å². The third kappa shape index (κ3) is 8.44. The highest BCUT2D eigenvalue weighted by Gasteiger charge is 2.53. The lowest BCUT2D eigenvalue weighted by atomic mass is 9.61. The highest BCUT2D eigenvalue weighted by Crippen LogP contribution is 2.60. The van der Waals surface area contributed by atoms with Crippen LogP contribution in [0.4, 0.5) is 0 Å². The maximum atomic E-state index is 11.4. The maximum absolute atomic E-state index is 11.4. The van der Waals surface area contributed by atoms with Gasteiger partial charge in [-0.3, -0.25) is 0 Å². The van der Waals surface area contributed by atoms with E-state index in [1.165, 1.54) is 43.3 Å². The molecule has 4 nitrogen and oxygen atoms in total. The predicted octanol–water partition coefficient (Wildman–Crippen LogP) is 12.5. The summed E-state index contributed by atoms with van der Waals surface area (Å²) in [6.45, 7) is 35.4. The van der Waals surface area contributed by atoms with Crippen LogP contribution in [0.3, 0.4) is 0 Å². The fraction of sp³-hybridized carbons (Fsp3) is 0.750. The number of aliphatic hydroxyl groups excluding tert-OH is 1. The van der Waals surface area contributed by atoms with E-state index in [1.807, 2.05) is 0 Å². The Hall–Kier alpha value is -1.10. The van der Waals surface area contributed by atoms with E-state index in [4.69, 9.17) is 20.4 Å². The van der Waals surface area contributed by atoms with Crippen LogP contribution in [-0.4, -0.2) is 45.0 Å². The van der Waals surface area contributed by atoms with Crippen LogP contribution >= 0.6 is 11.3 Å². The fourth-order valence-corrected chi connectivity index (χ4v) is 12.8. The van der Waals surface area contributed by atoms with Gasteiger partial charge in [0.25, 0.3) is 0 Å². The summed E-state index contributed by atoms with van der Waals surface area (Å²) in [4.78, 5) is 4.87. The van der Waals surface area contributed by atoms with E-state index >= 15 is 0 Å². The van der Waals surface area contributed by atoms with E-state index in [-0.39, 0.29) is 33.1 Å². The number of fused-ring (bicyclic) bond motifs is 1. The summed E-state index contributed by atoms with van der Waals surface area (Å²) in [5.74, 6) is 1.67. The van der Waals surface area contributed by atoms with E-state index < -0.39 is 22.7 Å². The van der Waals surface area contributed by atoms with E-state index in [0.717, 1.165) is 42.8 Å². The molecule has 1 heterocycles. The van der Waals surface area contributed by atoms with Crippen molar-refractivity contribution >= 4 is 28.0 Å². The van der Waals surface area contributed by atoms with E-state index in [9.17, 15) is 5.11 Å². The quantitative estimate of drug-likeness (QED) is 0.181. The van der Waals surface area contributed by atoms with Crippen LogP contribution in [0.2, 0.25) is 36.3 Å². The molecule has 51 heavy (non-hydrogen) atoms. The smallest absolute Gasteiger partial charge is 0.192 e. The van der Waals surface area contributed by atoms with Crippen LogP contribution in [0.1, 0.15) is 131 Å². The lowest BCUT2D eigenvalue weighted by Crippen LogP contribution is -2.49. The Morgan fingerprint density at radius 3 is 2.24 bits per heavy atom. The van der Waals surface area contributed by atoms with Crippen LogP contribution in [0.5, 0.6) is 0 Å². The van der Waals surface area contributed by atoms with E-state index in [2.05, 4.69) is 118 Å². The van der Waals surface area contributed by atoms with Crippen molar-refractivity contribution in [3.05, 3.63) is 63.7 Å². The van der Waals surface area contributed by atoms with Gasteiger partial charge in [-0.1, -0.05) is 98.8 Å². The number of hydrogen-bond donors (Lipinski definition) is 1. The summed E-state index contributed by atoms with van der Waals surface area (Å²) in [5, 5.41) is 15.0. The number of hydrogen-bond acceptors (Lipinski definition) is 5. The zero-order valence-corrected chi connectivity index (χ0v) is 37.6. The molecule has 7 atom stereocenters. The normalized spacial score (nSPS) is 31.8. The number of allylic oxidation sites excluding steroid dienone is 4. The van der Waals surface area contributed by atoms with Gasteiger partial charge < -0.3 is 14.0 Å². The van der Waals surface area contributed by atoms with Crippen molar-refractivity contribution in [3.8, 4) is 0 Å². The molecule has 0 amide bonds. The Morgan fingerprint density at radius 2 is 1.65 bits per heavy atom. The van der Waals surface area contributed by atoms with Crippen molar-refractivity contribution in [2.75, 3.05) is 0 Å². The van der Waals surface area contributed by atoms with Gasteiger partial charge in [-0.15, -0.1) is 11.3 Å². The van der Waals surface area contributed by atoms with Crippen LogP contribution in [0.25, 0.3) is 0 Å². The summed E-state index contributed by atoms with van der Waals surface area (Å²) in [7, 11) is -3.95. The Bertz CT molecular complexity index is 1500. The van der Waals surface area contributed by atoms with Crippen LogP contribution < -0.4 is 0 Å². The molecule has 1 aromatic heterocycles. The molecule has 5 rings (SSSR count). The van der Waals surface area contributed by atoms with Gasteiger partial charge in [0.05, 0.1) is 29.4 Å². The van der Waals surface area contributed by atoms with Gasteiger partial charge >= 0.3 is 0 Å². The van der Waals surface area contributed by atoms with Crippen molar-refractivity contribution in [3.63, 3.8) is 0 Å². The number of aliphatic hydroxyl groups is 1. The van der Waals surface area contributed by atoms with Crippen LogP contribution in [-0.2, 0) is 20.7 Å². The second-order valence-corrected chi connectivity index (χ2v) is 30.6. The van der Waals surface area contributed by atoms with Gasteiger partial charge in [0.15, 0.2) is 16.6 Å². The molecule has 7 heteroatoms. The minimum atomic E-state index is -2.00. The standard InChI is InChI=1S/C44H73NO3SSi2/c1-15-34-29-49-40(45-34)44(25-26-44)39(46)23-18-30(2)36-21-22-37-32(17-16-24-43(36,37)10)19-20-33-27-35(47-50(11,12)41(4,5)6)28-38(31(33)3)48-51(13,14)42(7,8)9/h18-20,23,29-30,35-39,46H,3,15-17,21-22,24-28H2,1-2,4-14H3/t30-,35-,36-,37+,38+,39+,43-/m1/s1. The van der Waals surface area contributed by atoms with Gasteiger partial charge in [0, 0.05) is 11.8 Å². The number of rotatable bonds is 11. The average Bonchev–Trinajstić information content (AvgIpc) is 3.54. The average molecular weight is 752 g/mol. The molecule has 0 bridgehead atoms. The first kappa shape index (κ1) is 41.1. The molecule has 0 spiro atoms. The van der Waals surface area contributed by atoms with Crippen molar-refractivity contribution < 1.29 is 14.0 Å². The van der Waals surface area contributed by atoms with Crippen molar-refractivity contribution in [1.29, 1.82) is 0 Å². The third-order valence-electron chi connectivity index (χ3n) is 14.7. The second-order valence-electron chi connectivity index (χ2n) is 20.2. The van der Waals surface area contributed by atoms with E-state index in [1.54, 1.807) is 16.9 Å². The fourth-order valence-electron chi connectivity index (χ4n) is 8.98. The van der Waals surface area contributed by atoms with Crippen LogP contribution in [0, 0.1) is 23.2 Å². The lowest BCUT2D eigenvalue weighted by Gasteiger charge is -2.45. The first-order valence-electron chi connectivity index (χ1n) is 20.3. The molecule has 4 fully saturated rings. The lowest BCUT2D eigenvalue weighted by molar-refractivity contribution is 0.0969. The first-order chi connectivity index (χ1) is 23.5. The molecule has 1 N–H and O–H groups in total. The third-order valence-corrected chi connectivity index (χ3v) is 24.8. The van der Waals surface area contributed by atoms with Crippen molar-refractivity contribution in [1.82, 2.24) is 4.98 Å². The Balaban J connectivity index is 1.34. The zero-order valence-electron chi connectivity index (χ0n) is 34.7. The Morgan fingerprint density at radius 1 is 1.00 bits per heavy atom. The second kappa shape index (κ2) is 14.9. The van der Waals surface area contributed by atoms with E-state index in [0.29, 0.717) is 17.8 Å².